The molecule has 0 bridgehead atoms. The third-order valence-corrected chi connectivity index (χ3v) is 4.00. The van der Waals surface area contributed by atoms with Crippen molar-refractivity contribution < 1.29 is 8.42 Å². The molecule has 1 rings (SSSR count). The van der Waals surface area contributed by atoms with Gasteiger partial charge in [0.15, 0.2) is 0 Å². The minimum atomic E-state index is -3.38. The largest absolute Gasteiger partial charge is 0.240 e. The Hall–Kier alpha value is -1.13. The van der Waals surface area contributed by atoms with Gasteiger partial charge in [0.05, 0.1) is 4.90 Å². The maximum absolute atomic E-state index is 11.9. The molecule has 4 heteroatoms. The molecule has 1 aromatic carbocycles. The first kappa shape index (κ1) is 14.9. The van der Waals surface area contributed by atoms with E-state index in [1.165, 1.54) is 0 Å². The smallest absolute Gasteiger partial charge is 0.211 e. The molecule has 0 atom stereocenters. The van der Waals surface area contributed by atoms with Gasteiger partial charge in [0, 0.05) is 6.54 Å². The van der Waals surface area contributed by atoms with Crippen molar-refractivity contribution in [3.05, 3.63) is 42.5 Å². The molecule has 0 fully saturated rings. The van der Waals surface area contributed by atoms with E-state index >= 15 is 0 Å². The van der Waals surface area contributed by atoms with Crippen LogP contribution in [0.3, 0.4) is 0 Å². The zero-order valence-electron chi connectivity index (χ0n) is 11.0. The predicted molar refractivity (Wildman–Crippen MR) is 75.0 cm³/mol. The van der Waals surface area contributed by atoms with Crippen LogP contribution in [0.1, 0.15) is 25.8 Å². The third kappa shape index (κ3) is 4.63. The Kier molecular flexibility index (Phi) is 5.56. The maximum Gasteiger partial charge on any atom is 0.240 e. The fraction of sp³-hybridized carbons (Fsp3) is 0.429. The van der Waals surface area contributed by atoms with Crippen LogP contribution in [0.15, 0.2) is 41.8 Å². The Morgan fingerprint density at radius 1 is 1.28 bits per heavy atom. The van der Waals surface area contributed by atoms with Gasteiger partial charge in [0.25, 0.3) is 0 Å². The monoisotopic (exact) mass is 267 g/mol. The second kappa shape index (κ2) is 6.71. The van der Waals surface area contributed by atoms with Gasteiger partial charge >= 0.3 is 0 Å². The average molecular weight is 267 g/mol. The fourth-order valence-electron chi connectivity index (χ4n) is 1.65. The molecule has 100 valence electrons. The van der Waals surface area contributed by atoms with Crippen molar-refractivity contribution in [2.45, 2.75) is 31.6 Å². The lowest BCUT2D eigenvalue weighted by Crippen LogP contribution is -2.24. The summed E-state index contributed by atoms with van der Waals surface area (Å²) in [5.41, 5.74) is 1.16. The lowest BCUT2D eigenvalue weighted by molar-refractivity contribution is 0.582. The topological polar surface area (TPSA) is 46.2 Å². The molecule has 0 unspecified atom stereocenters. The molecule has 1 N–H and O–H groups in total. The standard InChI is InChI=1S/C14H21NO2S/c1-4-5-10-15-18(16,17)14-8-6-13(7-9-14)11-12(2)3/h4,6-9,12,15H,1,5,10-11H2,2-3H3. The van der Waals surface area contributed by atoms with E-state index in [1.54, 1.807) is 18.2 Å². The first-order valence-electron chi connectivity index (χ1n) is 6.15. The van der Waals surface area contributed by atoms with E-state index in [4.69, 9.17) is 0 Å². The molecule has 0 saturated heterocycles. The second-order valence-electron chi connectivity index (χ2n) is 4.72. The Morgan fingerprint density at radius 2 is 1.89 bits per heavy atom. The second-order valence-corrected chi connectivity index (χ2v) is 6.48. The van der Waals surface area contributed by atoms with Crippen molar-refractivity contribution in [1.29, 1.82) is 0 Å². The molecule has 18 heavy (non-hydrogen) atoms. The highest BCUT2D eigenvalue weighted by atomic mass is 32.2. The summed E-state index contributed by atoms with van der Waals surface area (Å²) in [7, 11) is -3.38. The minimum Gasteiger partial charge on any atom is -0.211 e. The maximum atomic E-state index is 11.9. The Balaban J connectivity index is 2.74. The molecule has 3 nitrogen and oxygen atoms in total. The van der Waals surface area contributed by atoms with Gasteiger partial charge < -0.3 is 0 Å². The van der Waals surface area contributed by atoms with Gasteiger partial charge in [-0.2, -0.15) is 0 Å². The summed E-state index contributed by atoms with van der Waals surface area (Å²) in [5.74, 6) is 0.568. The van der Waals surface area contributed by atoms with Crippen LogP contribution in [-0.4, -0.2) is 15.0 Å². The summed E-state index contributed by atoms with van der Waals surface area (Å²) in [6, 6.07) is 7.08. The van der Waals surface area contributed by atoms with Crippen molar-refractivity contribution in [3.63, 3.8) is 0 Å². The van der Waals surface area contributed by atoms with E-state index in [-0.39, 0.29) is 0 Å². The first-order chi connectivity index (χ1) is 8.45. The highest BCUT2D eigenvalue weighted by molar-refractivity contribution is 7.89. The van der Waals surface area contributed by atoms with Crippen LogP contribution < -0.4 is 4.72 Å². The highest BCUT2D eigenvalue weighted by Crippen LogP contribution is 2.13. The molecule has 0 aromatic heterocycles. The van der Waals surface area contributed by atoms with Crippen LogP contribution in [0.5, 0.6) is 0 Å². The zero-order chi connectivity index (χ0) is 13.6. The molecule has 0 aliphatic rings. The number of hydrogen-bond acceptors (Lipinski definition) is 2. The van der Waals surface area contributed by atoms with Crippen LogP contribution in [-0.2, 0) is 16.4 Å². The van der Waals surface area contributed by atoms with E-state index in [0.717, 1.165) is 12.0 Å². The van der Waals surface area contributed by atoms with Crippen LogP contribution in [0, 0.1) is 5.92 Å². The molecule has 1 aromatic rings. The lowest BCUT2D eigenvalue weighted by Gasteiger charge is -2.08. The minimum absolute atomic E-state index is 0.319. The zero-order valence-corrected chi connectivity index (χ0v) is 11.8. The van der Waals surface area contributed by atoms with Crippen molar-refractivity contribution in [3.8, 4) is 0 Å². The summed E-state index contributed by atoms with van der Waals surface area (Å²) in [5, 5.41) is 0. The molecular formula is C14H21NO2S. The normalized spacial score (nSPS) is 11.7. The molecule has 0 spiro atoms. The van der Waals surface area contributed by atoms with Crippen molar-refractivity contribution in [2.24, 2.45) is 5.92 Å². The summed E-state index contributed by atoms with van der Waals surface area (Å²) in [6.07, 6.45) is 3.28. The first-order valence-corrected chi connectivity index (χ1v) is 7.63. The van der Waals surface area contributed by atoms with E-state index < -0.39 is 10.0 Å². The van der Waals surface area contributed by atoms with Gasteiger partial charge in [-0.15, -0.1) is 6.58 Å². The van der Waals surface area contributed by atoms with Crippen LogP contribution in [0.2, 0.25) is 0 Å². The van der Waals surface area contributed by atoms with Gasteiger partial charge in [0.2, 0.25) is 10.0 Å². The molecule has 0 aliphatic heterocycles. The Bertz CT molecular complexity index is 475. The fourth-order valence-corrected chi connectivity index (χ4v) is 2.70. The average Bonchev–Trinajstić information content (AvgIpc) is 2.29. The Morgan fingerprint density at radius 3 is 2.39 bits per heavy atom. The van der Waals surface area contributed by atoms with E-state index in [1.807, 2.05) is 12.1 Å². The molecule has 0 aliphatic carbocycles. The Labute approximate surface area is 110 Å². The van der Waals surface area contributed by atoms with Gasteiger partial charge in [0.1, 0.15) is 0 Å². The number of hydrogen-bond donors (Lipinski definition) is 1. The number of rotatable bonds is 7. The van der Waals surface area contributed by atoms with Crippen LogP contribution in [0.25, 0.3) is 0 Å². The summed E-state index contributed by atoms with van der Waals surface area (Å²) < 4.78 is 26.3. The van der Waals surface area contributed by atoms with Crippen LogP contribution in [0.4, 0.5) is 0 Å². The van der Waals surface area contributed by atoms with E-state index in [0.29, 0.717) is 23.8 Å². The molecule has 0 radical (unpaired) electrons. The molecule has 0 heterocycles. The highest BCUT2D eigenvalue weighted by Gasteiger charge is 2.12. The number of benzene rings is 1. The lowest BCUT2D eigenvalue weighted by atomic mass is 10.0. The van der Waals surface area contributed by atoms with E-state index in [9.17, 15) is 8.42 Å². The predicted octanol–water partition coefficient (Wildman–Crippen LogP) is 2.74. The van der Waals surface area contributed by atoms with Gasteiger partial charge in [-0.3, -0.25) is 0 Å². The summed E-state index contributed by atoms with van der Waals surface area (Å²) >= 11 is 0. The summed E-state index contributed by atoms with van der Waals surface area (Å²) in [6.45, 7) is 8.23. The molecule has 0 amide bonds. The molecule has 0 saturated carbocycles. The third-order valence-electron chi connectivity index (χ3n) is 2.52. The number of sulfonamides is 1. The van der Waals surface area contributed by atoms with E-state index in [2.05, 4.69) is 25.1 Å². The van der Waals surface area contributed by atoms with Crippen LogP contribution >= 0.6 is 0 Å². The van der Waals surface area contributed by atoms with Crippen molar-refractivity contribution in [1.82, 2.24) is 4.72 Å². The summed E-state index contributed by atoms with van der Waals surface area (Å²) in [4.78, 5) is 0.319. The van der Waals surface area contributed by atoms with Gasteiger partial charge in [-0.1, -0.05) is 32.1 Å². The van der Waals surface area contributed by atoms with Crippen molar-refractivity contribution >= 4 is 10.0 Å². The quantitative estimate of drug-likeness (QED) is 0.610. The van der Waals surface area contributed by atoms with Crippen molar-refractivity contribution in [2.75, 3.05) is 6.54 Å². The SMILES string of the molecule is C=CCCNS(=O)(=O)c1ccc(CC(C)C)cc1. The molecular weight excluding hydrogens is 246 g/mol. The number of nitrogens with one attached hydrogen (secondary N) is 1. The van der Waals surface area contributed by atoms with Gasteiger partial charge in [-0.05, 0) is 36.5 Å². The van der Waals surface area contributed by atoms with Gasteiger partial charge in [-0.25, -0.2) is 13.1 Å².